The summed E-state index contributed by atoms with van der Waals surface area (Å²) in [5.74, 6) is -0.195. The summed E-state index contributed by atoms with van der Waals surface area (Å²) in [5, 5.41) is 8.56. The molecule has 1 N–H and O–H groups in total. The second-order valence-corrected chi connectivity index (χ2v) is 8.05. The molecule has 0 atom stereocenters. The first-order valence-electron chi connectivity index (χ1n) is 11.0. The fraction of sp³-hybridized carbons (Fsp3) is 0.269. The van der Waals surface area contributed by atoms with Crippen molar-refractivity contribution in [1.29, 1.82) is 0 Å². The molecule has 0 aliphatic carbocycles. The Morgan fingerprint density at radius 1 is 1.00 bits per heavy atom. The van der Waals surface area contributed by atoms with Crippen LogP contribution in [0.4, 0.5) is 0 Å². The van der Waals surface area contributed by atoms with Gasteiger partial charge in [-0.2, -0.15) is 5.10 Å². The minimum absolute atomic E-state index is 0.0530. The molecule has 32 heavy (non-hydrogen) atoms. The summed E-state index contributed by atoms with van der Waals surface area (Å²) in [7, 11) is 0. The van der Waals surface area contributed by atoms with E-state index in [1.165, 1.54) is 10.1 Å². The summed E-state index contributed by atoms with van der Waals surface area (Å²) < 4.78 is 3.30. The van der Waals surface area contributed by atoms with E-state index in [0.29, 0.717) is 12.2 Å². The number of benzene rings is 2. The zero-order chi connectivity index (χ0) is 22.7. The predicted octanol–water partition coefficient (Wildman–Crippen LogP) is 3.73. The molecule has 0 aliphatic rings. The van der Waals surface area contributed by atoms with Gasteiger partial charge in [-0.25, -0.2) is 4.68 Å². The van der Waals surface area contributed by atoms with Gasteiger partial charge in [0.25, 0.3) is 5.56 Å². The van der Waals surface area contributed by atoms with Crippen molar-refractivity contribution in [3.8, 4) is 5.69 Å². The van der Waals surface area contributed by atoms with Crippen LogP contribution >= 0.6 is 0 Å². The van der Waals surface area contributed by atoms with Gasteiger partial charge in [0.1, 0.15) is 12.2 Å². The lowest BCUT2D eigenvalue weighted by atomic mass is 10.1. The molecule has 0 bridgehead atoms. The van der Waals surface area contributed by atoms with E-state index < -0.39 is 0 Å². The molecule has 4 rings (SSSR count). The first-order chi connectivity index (χ1) is 15.5. The number of hydrogen-bond acceptors (Lipinski definition) is 3. The molecule has 6 nitrogen and oxygen atoms in total. The minimum Gasteiger partial charge on any atom is -0.354 e. The number of nitrogens with zero attached hydrogens (tertiary/aromatic N) is 3. The summed E-state index contributed by atoms with van der Waals surface area (Å²) >= 11 is 0. The van der Waals surface area contributed by atoms with Crippen molar-refractivity contribution >= 4 is 16.9 Å². The third-order valence-electron chi connectivity index (χ3n) is 5.76. The highest BCUT2D eigenvalue weighted by atomic mass is 16.2. The van der Waals surface area contributed by atoms with E-state index in [9.17, 15) is 9.59 Å². The second-order valence-electron chi connectivity index (χ2n) is 8.05. The molecule has 164 valence electrons. The van der Waals surface area contributed by atoms with Crippen LogP contribution in [0.2, 0.25) is 0 Å². The van der Waals surface area contributed by atoms with Crippen molar-refractivity contribution in [2.75, 3.05) is 6.54 Å². The summed E-state index contributed by atoms with van der Waals surface area (Å²) in [4.78, 5) is 25.6. The molecule has 4 aromatic rings. The Balaban J connectivity index is 1.66. The Labute approximate surface area is 187 Å². The number of nitrogens with one attached hydrogen (secondary N) is 1. The van der Waals surface area contributed by atoms with Gasteiger partial charge in [-0.05, 0) is 55.5 Å². The fourth-order valence-electron chi connectivity index (χ4n) is 4.06. The first kappa shape index (κ1) is 21.6. The van der Waals surface area contributed by atoms with E-state index in [4.69, 9.17) is 5.10 Å². The van der Waals surface area contributed by atoms with E-state index in [2.05, 4.69) is 24.4 Å². The number of aryl methyl sites for hydroxylation is 3. The zero-order valence-electron chi connectivity index (χ0n) is 18.8. The van der Waals surface area contributed by atoms with Crippen LogP contribution in [0.15, 0.2) is 65.5 Å². The second kappa shape index (κ2) is 9.22. The monoisotopic (exact) mass is 428 g/mol. The van der Waals surface area contributed by atoms with Gasteiger partial charge in [-0.3, -0.25) is 14.2 Å². The van der Waals surface area contributed by atoms with Crippen LogP contribution in [-0.2, 0) is 24.2 Å². The van der Waals surface area contributed by atoms with Crippen LogP contribution in [0.5, 0.6) is 0 Å². The standard InChI is InChI=1S/C26H28N4O2/c1-4-20-10-12-22(13-11-20)30-26-25(19(3)28-30)18(2)16-24(32)29(26)17-23(31)27-15-14-21-8-6-5-7-9-21/h5-13,16H,4,14-15,17H2,1-3H3,(H,27,31). The third-order valence-corrected chi connectivity index (χ3v) is 5.76. The van der Waals surface area contributed by atoms with Crippen LogP contribution in [0, 0.1) is 13.8 Å². The Morgan fingerprint density at radius 3 is 2.41 bits per heavy atom. The number of aromatic nitrogens is 3. The molecular weight excluding hydrogens is 400 g/mol. The number of rotatable bonds is 7. The number of carbonyl (C=O) groups is 1. The van der Waals surface area contributed by atoms with Gasteiger partial charge in [0.15, 0.2) is 0 Å². The molecule has 2 aromatic heterocycles. The van der Waals surface area contributed by atoms with Crippen molar-refractivity contribution < 1.29 is 4.79 Å². The van der Waals surface area contributed by atoms with Gasteiger partial charge >= 0.3 is 0 Å². The fourth-order valence-corrected chi connectivity index (χ4v) is 4.06. The highest BCUT2D eigenvalue weighted by molar-refractivity contribution is 5.85. The van der Waals surface area contributed by atoms with E-state index in [0.717, 1.165) is 40.7 Å². The lowest BCUT2D eigenvalue weighted by Crippen LogP contribution is -2.34. The maximum Gasteiger partial charge on any atom is 0.252 e. The molecule has 2 heterocycles. The molecule has 0 fully saturated rings. The van der Waals surface area contributed by atoms with Crippen molar-refractivity contribution in [2.24, 2.45) is 0 Å². The SMILES string of the molecule is CCc1ccc(-n2nc(C)c3c(C)cc(=O)n(CC(=O)NCCc4ccccc4)c32)cc1. The highest BCUT2D eigenvalue weighted by Crippen LogP contribution is 2.24. The maximum atomic E-state index is 12.9. The molecule has 0 spiro atoms. The van der Waals surface area contributed by atoms with E-state index in [-0.39, 0.29) is 18.0 Å². The van der Waals surface area contributed by atoms with E-state index >= 15 is 0 Å². The number of hydrogen-bond donors (Lipinski definition) is 1. The van der Waals surface area contributed by atoms with Crippen LogP contribution in [0.1, 0.15) is 29.3 Å². The van der Waals surface area contributed by atoms with Crippen LogP contribution in [0.3, 0.4) is 0 Å². The van der Waals surface area contributed by atoms with Crippen LogP contribution < -0.4 is 10.9 Å². The summed E-state index contributed by atoms with van der Waals surface area (Å²) in [6, 6.07) is 19.7. The highest BCUT2D eigenvalue weighted by Gasteiger charge is 2.18. The Morgan fingerprint density at radius 2 is 1.72 bits per heavy atom. The van der Waals surface area contributed by atoms with Crippen molar-refractivity contribution in [2.45, 2.75) is 40.2 Å². The molecule has 0 radical (unpaired) electrons. The molecule has 0 aliphatic heterocycles. The van der Waals surface area contributed by atoms with Gasteiger partial charge in [0.05, 0.1) is 11.4 Å². The van der Waals surface area contributed by atoms with E-state index in [1.807, 2.05) is 56.3 Å². The predicted molar refractivity (Wildman–Crippen MR) is 127 cm³/mol. The summed E-state index contributed by atoms with van der Waals surface area (Å²) in [6.45, 7) is 6.42. The number of pyridine rings is 1. The molecule has 6 heteroatoms. The lowest BCUT2D eigenvalue weighted by molar-refractivity contribution is -0.121. The smallest absolute Gasteiger partial charge is 0.252 e. The lowest BCUT2D eigenvalue weighted by Gasteiger charge is -2.13. The topological polar surface area (TPSA) is 68.9 Å². The number of amides is 1. The third kappa shape index (κ3) is 4.35. The molecule has 0 saturated carbocycles. The average Bonchev–Trinajstić information content (AvgIpc) is 3.15. The van der Waals surface area contributed by atoms with Crippen molar-refractivity contribution in [3.63, 3.8) is 0 Å². The largest absolute Gasteiger partial charge is 0.354 e. The van der Waals surface area contributed by atoms with Crippen molar-refractivity contribution in [3.05, 3.63) is 93.4 Å². The van der Waals surface area contributed by atoms with Crippen LogP contribution in [-0.4, -0.2) is 26.8 Å². The quantitative estimate of drug-likeness (QED) is 0.488. The van der Waals surface area contributed by atoms with Gasteiger partial charge in [-0.15, -0.1) is 0 Å². The number of carbonyl (C=O) groups excluding carboxylic acids is 1. The Hall–Kier alpha value is -3.67. The Bertz CT molecular complexity index is 1300. The molecule has 0 saturated heterocycles. The molecule has 2 aromatic carbocycles. The Kier molecular flexibility index (Phi) is 6.21. The molecule has 0 unspecified atom stereocenters. The normalized spacial score (nSPS) is 11.1. The van der Waals surface area contributed by atoms with Gasteiger partial charge in [0.2, 0.25) is 5.91 Å². The van der Waals surface area contributed by atoms with Gasteiger partial charge < -0.3 is 5.32 Å². The summed E-state index contributed by atoms with van der Waals surface area (Å²) in [6.07, 6.45) is 1.69. The molecular formula is C26H28N4O2. The minimum atomic E-state index is -0.209. The summed E-state index contributed by atoms with van der Waals surface area (Å²) in [5.41, 5.74) is 5.38. The average molecular weight is 429 g/mol. The zero-order valence-corrected chi connectivity index (χ0v) is 18.8. The molecule has 1 amide bonds. The van der Waals surface area contributed by atoms with Gasteiger partial charge in [-0.1, -0.05) is 49.4 Å². The number of fused-ring (bicyclic) bond motifs is 1. The first-order valence-corrected chi connectivity index (χ1v) is 11.0. The van der Waals surface area contributed by atoms with E-state index in [1.54, 1.807) is 10.7 Å². The van der Waals surface area contributed by atoms with Gasteiger partial charge in [0, 0.05) is 18.0 Å². The van der Waals surface area contributed by atoms with Crippen molar-refractivity contribution in [1.82, 2.24) is 19.7 Å². The maximum absolute atomic E-state index is 12.9. The van der Waals surface area contributed by atoms with Crippen LogP contribution in [0.25, 0.3) is 16.7 Å².